The molecule has 0 saturated carbocycles. The molecule has 20 heavy (non-hydrogen) atoms. The molecule has 0 radical (unpaired) electrons. The maximum atomic E-state index is 13.0. The zero-order valence-electron chi connectivity index (χ0n) is 12.0. The van der Waals surface area contributed by atoms with Crippen LogP contribution in [0.4, 0.5) is 23.7 Å². The number of rotatable bonds is 2. The number of hydrogen-bond donors (Lipinski definition) is 1. The summed E-state index contributed by atoms with van der Waals surface area (Å²) < 4.78 is 44.9. The van der Waals surface area contributed by atoms with Gasteiger partial charge >= 0.3 is 12.3 Å². The van der Waals surface area contributed by atoms with E-state index in [1.165, 1.54) is 0 Å². The number of anilines is 1. The highest BCUT2D eigenvalue weighted by Crippen LogP contribution is 2.36. The van der Waals surface area contributed by atoms with E-state index in [-0.39, 0.29) is 0 Å². The highest BCUT2D eigenvalue weighted by Gasteiger charge is 2.39. The SMILES string of the molecule is CC(C)n1ncc(NC(=O)OC(C)(C)C)c1C(F)(F)F. The third kappa shape index (κ3) is 4.14. The Labute approximate surface area is 115 Å². The number of alkyl halides is 3. The first kappa shape index (κ1) is 16.3. The Hall–Kier alpha value is -1.73. The molecule has 1 N–H and O–H groups in total. The van der Waals surface area contributed by atoms with Crippen molar-refractivity contribution in [1.29, 1.82) is 0 Å². The first-order chi connectivity index (χ1) is 8.92. The highest BCUT2D eigenvalue weighted by molar-refractivity contribution is 5.85. The predicted octanol–water partition coefficient (Wildman–Crippen LogP) is 3.83. The van der Waals surface area contributed by atoms with E-state index in [1.807, 2.05) is 0 Å². The largest absolute Gasteiger partial charge is 0.444 e. The molecule has 1 rings (SSSR count). The minimum atomic E-state index is -4.62. The van der Waals surface area contributed by atoms with Crippen LogP contribution in [0, 0.1) is 0 Å². The van der Waals surface area contributed by atoms with Crippen LogP contribution in [-0.2, 0) is 10.9 Å². The van der Waals surface area contributed by atoms with Crippen molar-refractivity contribution in [1.82, 2.24) is 9.78 Å². The minimum Gasteiger partial charge on any atom is -0.444 e. The second kappa shape index (κ2) is 5.34. The third-order valence-electron chi connectivity index (χ3n) is 2.19. The maximum Gasteiger partial charge on any atom is 0.435 e. The molecule has 0 saturated heterocycles. The summed E-state index contributed by atoms with van der Waals surface area (Å²) in [5.41, 5.74) is -2.21. The number of ether oxygens (including phenoxy) is 1. The van der Waals surface area contributed by atoms with Gasteiger partial charge in [0.25, 0.3) is 0 Å². The number of carbonyl (C=O) groups excluding carboxylic acids is 1. The fourth-order valence-electron chi connectivity index (χ4n) is 1.54. The minimum absolute atomic E-state index is 0.416. The summed E-state index contributed by atoms with van der Waals surface area (Å²) in [5.74, 6) is 0. The van der Waals surface area contributed by atoms with E-state index in [0.29, 0.717) is 0 Å². The summed E-state index contributed by atoms with van der Waals surface area (Å²) in [7, 11) is 0. The molecule has 0 aromatic carbocycles. The second-order valence-corrected chi connectivity index (χ2v) is 5.57. The molecule has 0 unspecified atom stereocenters. The topological polar surface area (TPSA) is 56.2 Å². The standard InChI is InChI=1S/C12H18F3N3O2/c1-7(2)18-9(12(13,14)15)8(6-16-18)17-10(19)20-11(3,4)5/h6-7H,1-5H3,(H,17,19). The molecule has 0 aliphatic carbocycles. The number of nitrogens with one attached hydrogen (secondary N) is 1. The molecule has 0 aliphatic rings. The molecule has 0 spiro atoms. The fourth-order valence-corrected chi connectivity index (χ4v) is 1.54. The average molecular weight is 293 g/mol. The van der Waals surface area contributed by atoms with Gasteiger partial charge < -0.3 is 4.74 Å². The highest BCUT2D eigenvalue weighted by atomic mass is 19.4. The molecule has 0 atom stereocenters. The Morgan fingerprint density at radius 2 is 1.90 bits per heavy atom. The number of carbonyl (C=O) groups is 1. The molecule has 1 aromatic heterocycles. The van der Waals surface area contributed by atoms with Gasteiger partial charge in [-0.25, -0.2) is 4.79 Å². The van der Waals surface area contributed by atoms with Gasteiger partial charge in [0.15, 0.2) is 5.69 Å². The van der Waals surface area contributed by atoms with Crippen molar-refractivity contribution >= 4 is 11.8 Å². The van der Waals surface area contributed by atoms with Gasteiger partial charge in [0.05, 0.1) is 11.9 Å². The van der Waals surface area contributed by atoms with Crippen LogP contribution in [0.25, 0.3) is 0 Å². The van der Waals surface area contributed by atoms with Crippen molar-refractivity contribution in [3.05, 3.63) is 11.9 Å². The summed E-state index contributed by atoms with van der Waals surface area (Å²) in [6, 6.07) is -0.485. The number of aromatic nitrogens is 2. The zero-order chi connectivity index (χ0) is 15.7. The van der Waals surface area contributed by atoms with E-state index in [1.54, 1.807) is 34.6 Å². The van der Waals surface area contributed by atoms with Crippen LogP contribution in [0.5, 0.6) is 0 Å². The van der Waals surface area contributed by atoms with Crippen molar-refractivity contribution in [3.8, 4) is 0 Å². The summed E-state index contributed by atoms with van der Waals surface area (Å²) in [6.45, 7) is 8.00. The van der Waals surface area contributed by atoms with Gasteiger partial charge in [0, 0.05) is 6.04 Å². The van der Waals surface area contributed by atoms with Crippen LogP contribution in [-0.4, -0.2) is 21.5 Å². The quantitative estimate of drug-likeness (QED) is 0.901. The Morgan fingerprint density at radius 1 is 1.35 bits per heavy atom. The van der Waals surface area contributed by atoms with Gasteiger partial charge in [-0.05, 0) is 34.6 Å². The van der Waals surface area contributed by atoms with Crippen LogP contribution in [0.2, 0.25) is 0 Å². The smallest absolute Gasteiger partial charge is 0.435 e. The molecule has 5 nitrogen and oxygen atoms in total. The molecular formula is C12H18F3N3O2. The predicted molar refractivity (Wildman–Crippen MR) is 67.5 cm³/mol. The van der Waals surface area contributed by atoms with Crippen molar-refractivity contribution in [2.24, 2.45) is 0 Å². The molecule has 1 amide bonds. The number of halogens is 3. The molecule has 114 valence electrons. The first-order valence-corrected chi connectivity index (χ1v) is 6.06. The average Bonchev–Trinajstić information content (AvgIpc) is 2.57. The van der Waals surface area contributed by atoms with E-state index in [9.17, 15) is 18.0 Å². The lowest BCUT2D eigenvalue weighted by Gasteiger charge is -2.20. The lowest BCUT2D eigenvalue weighted by molar-refractivity contribution is -0.144. The fraction of sp³-hybridized carbons (Fsp3) is 0.667. The summed E-state index contributed by atoms with van der Waals surface area (Å²) in [5, 5.41) is 5.74. The monoisotopic (exact) mass is 293 g/mol. The number of amides is 1. The van der Waals surface area contributed by atoms with Gasteiger partial charge in [0.1, 0.15) is 5.60 Å². The van der Waals surface area contributed by atoms with Gasteiger partial charge in [-0.15, -0.1) is 0 Å². The Balaban J connectivity index is 3.05. The Morgan fingerprint density at radius 3 is 2.30 bits per heavy atom. The van der Waals surface area contributed by atoms with Gasteiger partial charge in [-0.1, -0.05) is 0 Å². The summed E-state index contributed by atoms with van der Waals surface area (Å²) in [6.07, 6.45) is -4.61. The molecule has 1 aromatic rings. The zero-order valence-corrected chi connectivity index (χ0v) is 12.0. The normalized spacial score (nSPS) is 12.7. The molecular weight excluding hydrogens is 275 g/mol. The van der Waals surface area contributed by atoms with Crippen LogP contribution >= 0.6 is 0 Å². The lowest BCUT2D eigenvalue weighted by atomic mass is 10.2. The number of nitrogens with zero attached hydrogens (tertiary/aromatic N) is 2. The number of hydrogen-bond acceptors (Lipinski definition) is 3. The van der Waals surface area contributed by atoms with E-state index >= 15 is 0 Å². The molecule has 0 fully saturated rings. The molecule has 0 aliphatic heterocycles. The van der Waals surface area contributed by atoms with E-state index < -0.39 is 35.3 Å². The Kier molecular flexibility index (Phi) is 4.36. The van der Waals surface area contributed by atoms with Crippen molar-refractivity contribution in [2.45, 2.75) is 52.4 Å². The van der Waals surface area contributed by atoms with E-state index in [0.717, 1.165) is 10.9 Å². The van der Waals surface area contributed by atoms with Gasteiger partial charge in [-0.2, -0.15) is 18.3 Å². The van der Waals surface area contributed by atoms with Crippen LogP contribution in [0.3, 0.4) is 0 Å². The van der Waals surface area contributed by atoms with Crippen LogP contribution in [0.1, 0.15) is 46.4 Å². The Bertz CT molecular complexity index is 487. The lowest BCUT2D eigenvalue weighted by Crippen LogP contribution is -2.28. The summed E-state index contributed by atoms with van der Waals surface area (Å²) >= 11 is 0. The van der Waals surface area contributed by atoms with Crippen molar-refractivity contribution in [3.63, 3.8) is 0 Å². The summed E-state index contributed by atoms with van der Waals surface area (Å²) in [4.78, 5) is 11.5. The third-order valence-corrected chi connectivity index (χ3v) is 2.19. The van der Waals surface area contributed by atoms with Gasteiger partial charge in [0.2, 0.25) is 0 Å². The van der Waals surface area contributed by atoms with Gasteiger partial charge in [-0.3, -0.25) is 10.00 Å². The maximum absolute atomic E-state index is 13.0. The first-order valence-electron chi connectivity index (χ1n) is 6.06. The van der Waals surface area contributed by atoms with Crippen molar-refractivity contribution < 1.29 is 22.7 Å². The van der Waals surface area contributed by atoms with Crippen LogP contribution in [0.15, 0.2) is 6.20 Å². The van der Waals surface area contributed by atoms with E-state index in [2.05, 4.69) is 10.4 Å². The molecule has 0 bridgehead atoms. The molecule has 8 heteroatoms. The molecule has 1 heterocycles. The van der Waals surface area contributed by atoms with E-state index in [4.69, 9.17) is 4.74 Å². The van der Waals surface area contributed by atoms with Crippen LogP contribution < -0.4 is 5.32 Å². The second-order valence-electron chi connectivity index (χ2n) is 5.57. The van der Waals surface area contributed by atoms with Crippen molar-refractivity contribution in [2.75, 3.05) is 5.32 Å².